The predicted molar refractivity (Wildman–Crippen MR) is 73.0 cm³/mol. The number of rotatable bonds is 3. The largest absolute Gasteiger partial charge is 0.309 e. The van der Waals surface area contributed by atoms with Crippen LogP contribution < -0.4 is 5.32 Å². The van der Waals surface area contributed by atoms with Gasteiger partial charge in [-0.1, -0.05) is 22.0 Å². The third-order valence-corrected chi connectivity index (χ3v) is 3.38. The van der Waals surface area contributed by atoms with Crippen LogP contribution in [0.25, 0.3) is 0 Å². The minimum absolute atomic E-state index is 0.191. The highest BCUT2D eigenvalue weighted by Gasteiger charge is 2.15. The van der Waals surface area contributed by atoms with Gasteiger partial charge >= 0.3 is 0 Å². The van der Waals surface area contributed by atoms with Crippen molar-refractivity contribution in [3.63, 3.8) is 0 Å². The first-order valence-corrected chi connectivity index (χ1v) is 6.33. The zero-order valence-corrected chi connectivity index (χ0v) is 11.8. The fraction of sp³-hybridized carbons (Fsp3) is 0.308. The van der Waals surface area contributed by atoms with Crippen molar-refractivity contribution in [2.24, 2.45) is 7.05 Å². The van der Waals surface area contributed by atoms with Crippen LogP contribution >= 0.6 is 15.9 Å². The molecule has 17 heavy (non-hydrogen) atoms. The minimum Gasteiger partial charge on any atom is -0.309 e. The fourth-order valence-corrected chi connectivity index (χ4v) is 2.53. The normalized spacial score (nSPS) is 12.7. The lowest BCUT2D eigenvalue weighted by Crippen LogP contribution is -2.18. The van der Waals surface area contributed by atoms with Gasteiger partial charge in [-0.15, -0.1) is 0 Å². The molecule has 0 aliphatic heterocycles. The summed E-state index contributed by atoms with van der Waals surface area (Å²) in [4.78, 5) is 0. The van der Waals surface area contributed by atoms with Gasteiger partial charge in [0.05, 0.1) is 12.2 Å². The zero-order valence-electron chi connectivity index (χ0n) is 10.2. The Morgan fingerprint density at radius 1 is 1.41 bits per heavy atom. The van der Waals surface area contributed by atoms with E-state index in [0.29, 0.717) is 0 Å². The highest BCUT2D eigenvalue weighted by Crippen LogP contribution is 2.26. The first-order chi connectivity index (χ1) is 8.11. The van der Waals surface area contributed by atoms with Gasteiger partial charge in [-0.3, -0.25) is 4.68 Å². The van der Waals surface area contributed by atoms with Gasteiger partial charge in [0.1, 0.15) is 0 Å². The predicted octanol–water partition coefficient (Wildman–Crippen LogP) is 2.80. The molecule has 1 aromatic carbocycles. The molecule has 4 heteroatoms. The van der Waals surface area contributed by atoms with Gasteiger partial charge in [-0.2, -0.15) is 5.10 Å². The van der Waals surface area contributed by atoms with Gasteiger partial charge in [-0.05, 0) is 37.2 Å². The molecule has 0 spiro atoms. The van der Waals surface area contributed by atoms with E-state index in [9.17, 15) is 0 Å². The molecule has 0 saturated heterocycles. The van der Waals surface area contributed by atoms with Crippen LogP contribution in [0.15, 0.2) is 35.1 Å². The Bertz CT molecular complexity index is 519. The number of aromatic nitrogens is 2. The summed E-state index contributed by atoms with van der Waals surface area (Å²) < 4.78 is 2.94. The van der Waals surface area contributed by atoms with E-state index >= 15 is 0 Å². The highest BCUT2D eigenvalue weighted by molar-refractivity contribution is 9.10. The van der Waals surface area contributed by atoms with Crippen LogP contribution in [0.4, 0.5) is 0 Å². The quantitative estimate of drug-likeness (QED) is 0.943. The topological polar surface area (TPSA) is 29.9 Å². The van der Waals surface area contributed by atoms with Crippen LogP contribution in [0, 0.1) is 6.92 Å². The zero-order chi connectivity index (χ0) is 12.4. The summed E-state index contributed by atoms with van der Waals surface area (Å²) in [6, 6.07) is 6.55. The number of hydrogen-bond acceptors (Lipinski definition) is 2. The SMILES string of the molecule is CNC(c1cnn(C)c1)c1ccc(Br)cc1C. The maximum absolute atomic E-state index is 4.23. The van der Waals surface area contributed by atoms with Crippen molar-refractivity contribution in [3.8, 4) is 0 Å². The van der Waals surface area contributed by atoms with Crippen molar-refractivity contribution in [1.29, 1.82) is 0 Å². The summed E-state index contributed by atoms with van der Waals surface area (Å²) in [5, 5.41) is 7.57. The lowest BCUT2D eigenvalue weighted by Gasteiger charge is -2.17. The van der Waals surface area contributed by atoms with Gasteiger partial charge in [0.25, 0.3) is 0 Å². The number of benzene rings is 1. The molecule has 0 fully saturated rings. The van der Waals surface area contributed by atoms with E-state index in [1.54, 1.807) is 0 Å². The molecule has 1 aromatic heterocycles. The van der Waals surface area contributed by atoms with Crippen molar-refractivity contribution in [2.45, 2.75) is 13.0 Å². The molecule has 1 unspecified atom stereocenters. The highest BCUT2D eigenvalue weighted by atomic mass is 79.9. The second kappa shape index (κ2) is 5.02. The Labute approximate surface area is 110 Å². The molecule has 0 amide bonds. The van der Waals surface area contributed by atoms with E-state index in [1.807, 2.05) is 31.2 Å². The molecule has 3 nitrogen and oxygen atoms in total. The monoisotopic (exact) mass is 293 g/mol. The van der Waals surface area contributed by atoms with E-state index < -0.39 is 0 Å². The van der Waals surface area contributed by atoms with Crippen LogP contribution in [0.1, 0.15) is 22.7 Å². The first-order valence-electron chi connectivity index (χ1n) is 5.53. The molecule has 2 aromatic rings. The summed E-state index contributed by atoms with van der Waals surface area (Å²) >= 11 is 3.49. The van der Waals surface area contributed by atoms with Crippen molar-refractivity contribution in [2.75, 3.05) is 7.05 Å². The smallest absolute Gasteiger partial charge is 0.0608 e. The lowest BCUT2D eigenvalue weighted by atomic mass is 9.97. The molecular formula is C13H16BrN3. The van der Waals surface area contributed by atoms with Crippen LogP contribution in [-0.4, -0.2) is 16.8 Å². The van der Waals surface area contributed by atoms with Gasteiger partial charge in [-0.25, -0.2) is 0 Å². The standard InChI is InChI=1S/C13H16BrN3/c1-9-6-11(14)4-5-12(9)13(15-2)10-7-16-17(3)8-10/h4-8,13,15H,1-3H3. The van der Waals surface area contributed by atoms with Crippen LogP contribution in [-0.2, 0) is 7.05 Å². The van der Waals surface area contributed by atoms with Gasteiger partial charge in [0.15, 0.2) is 0 Å². The summed E-state index contributed by atoms with van der Waals surface area (Å²) in [6.07, 6.45) is 3.95. The Morgan fingerprint density at radius 2 is 2.18 bits per heavy atom. The van der Waals surface area contributed by atoms with Gasteiger partial charge in [0.2, 0.25) is 0 Å². The van der Waals surface area contributed by atoms with Crippen molar-refractivity contribution in [1.82, 2.24) is 15.1 Å². The van der Waals surface area contributed by atoms with Crippen LogP contribution in [0.5, 0.6) is 0 Å². The third-order valence-electron chi connectivity index (χ3n) is 2.89. The fourth-order valence-electron chi connectivity index (χ4n) is 2.05. The second-order valence-electron chi connectivity index (χ2n) is 4.17. The minimum atomic E-state index is 0.191. The molecule has 0 saturated carbocycles. The summed E-state index contributed by atoms with van der Waals surface area (Å²) in [6.45, 7) is 2.13. The Hall–Kier alpha value is -1.13. The first kappa shape index (κ1) is 12.3. The molecule has 90 valence electrons. The molecule has 0 radical (unpaired) electrons. The molecule has 1 heterocycles. The van der Waals surface area contributed by atoms with E-state index in [2.05, 4.69) is 51.5 Å². The average Bonchev–Trinajstić information content (AvgIpc) is 2.69. The van der Waals surface area contributed by atoms with Gasteiger partial charge < -0.3 is 5.32 Å². The van der Waals surface area contributed by atoms with E-state index in [0.717, 1.165) is 4.47 Å². The van der Waals surface area contributed by atoms with Crippen molar-refractivity contribution >= 4 is 15.9 Å². The van der Waals surface area contributed by atoms with E-state index in [1.165, 1.54) is 16.7 Å². The maximum atomic E-state index is 4.23. The second-order valence-corrected chi connectivity index (χ2v) is 5.09. The number of hydrogen-bond donors (Lipinski definition) is 1. The molecule has 0 aliphatic rings. The molecule has 2 rings (SSSR count). The number of nitrogens with zero attached hydrogens (tertiary/aromatic N) is 2. The Balaban J connectivity index is 2.42. The van der Waals surface area contributed by atoms with Crippen LogP contribution in [0.2, 0.25) is 0 Å². The molecular weight excluding hydrogens is 278 g/mol. The summed E-state index contributed by atoms with van der Waals surface area (Å²) in [7, 11) is 3.91. The molecule has 1 atom stereocenters. The van der Waals surface area contributed by atoms with Gasteiger partial charge in [0, 0.05) is 23.3 Å². The van der Waals surface area contributed by atoms with E-state index in [-0.39, 0.29) is 6.04 Å². The maximum Gasteiger partial charge on any atom is 0.0608 e. The lowest BCUT2D eigenvalue weighted by molar-refractivity contribution is 0.685. The number of nitrogens with one attached hydrogen (secondary N) is 1. The average molecular weight is 294 g/mol. The number of halogens is 1. The van der Waals surface area contributed by atoms with Crippen LogP contribution in [0.3, 0.4) is 0 Å². The summed E-state index contributed by atoms with van der Waals surface area (Å²) in [5.41, 5.74) is 3.73. The Morgan fingerprint density at radius 3 is 2.71 bits per heavy atom. The molecule has 1 N–H and O–H groups in total. The van der Waals surface area contributed by atoms with Crippen molar-refractivity contribution < 1.29 is 0 Å². The summed E-state index contributed by atoms with van der Waals surface area (Å²) in [5.74, 6) is 0. The number of aryl methyl sites for hydroxylation is 2. The molecule has 0 bridgehead atoms. The molecule has 0 aliphatic carbocycles. The Kier molecular flexibility index (Phi) is 3.64. The third kappa shape index (κ3) is 2.58. The van der Waals surface area contributed by atoms with Crippen molar-refractivity contribution in [3.05, 3.63) is 51.8 Å². The van der Waals surface area contributed by atoms with E-state index in [4.69, 9.17) is 0 Å².